The Bertz CT molecular complexity index is 760. The smallest absolute Gasteiger partial charge is 0.317 e. The van der Waals surface area contributed by atoms with Crippen molar-refractivity contribution in [2.24, 2.45) is 0 Å². The molecule has 1 heterocycles. The van der Waals surface area contributed by atoms with Crippen molar-refractivity contribution < 1.29 is 23.5 Å². The van der Waals surface area contributed by atoms with E-state index in [2.05, 4.69) is 5.32 Å². The van der Waals surface area contributed by atoms with Gasteiger partial charge in [-0.15, -0.1) is 0 Å². The lowest BCUT2D eigenvalue weighted by molar-refractivity contribution is -0.138. The van der Waals surface area contributed by atoms with Gasteiger partial charge in [-0.05, 0) is 50.4 Å². The fraction of sp³-hybridized carbons (Fsp3) is 0.600. The zero-order valence-corrected chi connectivity index (χ0v) is 16.3. The minimum absolute atomic E-state index is 0.00841. The summed E-state index contributed by atoms with van der Waals surface area (Å²) in [5.74, 6) is -2.60. The molecule has 3 atom stereocenters. The molecule has 28 heavy (non-hydrogen) atoms. The molecular formula is C20H27F2N3O3. The second kappa shape index (κ2) is 8.03. The summed E-state index contributed by atoms with van der Waals surface area (Å²) in [6.07, 6.45) is 3.07. The average Bonchev–Trinajstić information content (AvgIpc) is 3.34. The minimum atomic E-state index is -0.875. The third kappa shape index (κ3) is 4.43. The molecule has 154 valence electrons. The highest BCUT2D eigenvalue weighted by Gasteiger charge is 2.52. The van der Waals surface area contributed by atoms with Crippen LogP contribution in [0.25, 0.3) is 0 Å². The molecule has 1 aromatic rings. The summed E-state index contributed by atoms with van der Waals surface area (Å²) in [6.45, 7) is 3.11. The van der Waals surface area contributed by atoms with Gasteiger partial charge < -0.3 is 15.3 Å². The van der Waals surface area contributed by atoms with E-state index in [1.807, 2.05) is 11.8 Å². The van der Waals surface area contributed by atoms with Gasteiger partial charge >= 0.3 is 12.0 Å². The highest BCUT2D eigenvalue weighted by atomic mass is 19.2. The van der Waals surface area contributed by atoms with Gasteiger partial charge in [0.2, 0.25) is 0 Å². The Hall–Kier alpha value is -2.22. The largest absolute Gasteiger partial charge is 0.480 e. The molecule has 0 spiro atoms. The molecule has 2 fully saturated rings. The third-order valence-electron chi connectivity index (χ3n) is 6.11. The van der Waals surface area contributed by atoms with Crippen LogP contribution in [0.4, 0.5) is 13.6 Å². The first kappa shape index (κ1) is 20.5. The van der Waals surface area contributed by atoms with Crippen molar-refractivity contribution in [2.75, 3.05) is 26.7 Å². The van der Waals surface area contributed by atoms with E-state index in [9.17, 15) is 18.4 Å². The number of nitrogens with one attached hydrogen (secondary N) is 1. The summed E-state index contributed by atoms with van der Waals surface area (Å²) in [6, 6.07) is 3.77. The van der Waals surface area contributed by atoms with Gasteiger partial charge in [-0.25, -0.2) is 13.6 Å². The lowest BCUT2D eigenvalue weighted by Gasteiger charge is -2.26. The highest BCUT2D eigenvalue weighted by molar-refractivity contribution is 5.75. The van der Waals surface area contributed by atoms with Crippen molar-refractivity contribution in [2.45, 2.75) is 50.1 Å². The van der Waals surface area contributed by atoms with E-state index in [4.69, 9.17) is 5.11 Å². The quantitative estimate of drug-likeness (QED) is 0.804. The zero-order chi connectivity index (χ0) is 20.5. The standard InChI is InChI=1S/C20H27F2N3O3/c1-20(13-5-6-15(21)16(22)10-13)11-17(20)23-19(28)25-8-3-4-14(7-9-25)24(2)12-18(26)27/h5-6,10,14,17H,3-4,7-9,11-12H2,1-2H3,(H,23,28)(H,26,27). The first-order valence-electron chi connectivity index (χ1n) is 9.63. The lowest BCUT2D eigenvalue weighted by Crippen LogP contribution is -2.43. The van der Waals surface area contributed by atoms with Crippen LogP contribution in [0.5, 0.6) is 0 Å². The number of halogens is 2. The van der Waals surface area contributed by atoms with Crippen LogP contribution in [0.1, 0.15) is 38.2 Å². The number of carboxylic acid groups (broad SMARTS) is 1. The number of likely N-dealkylation sites (tertiary alicyclic amines) is 1. The van der Waals surface area contributed by atoms with E-state index >= 15 is 0 Å². The predicted octanol–water partition coefficient (Wildman–Crippen LogP) is 2.58. The monoisotopic (exact) mass is 395 g/mol. The van der Waals surface area contributed by atoms with Gasteiger partial charge in [-0.1, -0.05) is 13.0 Å². The molecule has 3 rings (SSSR count). The van der Waals surface area contributed by atoms with Gasteiger partial charge in [0, 0.05) is 30.6 Å². The van der Waals surface area contributed by atoms with Crippen molar-refractivity contribution in [3.05, 3.63) is 35.4 Å². The lowest BCUT2D eigenvalue weighted by atomic mass is 9.97. The van der Waals surface area contributed by atoms with Crippen LogP contribution in [-0.2, 0) is 10.2 Å². The molecule has 1 saturated heterocycles. The first-order chi connectivity index (χ1) is 13.2. The number of amides is 2. The summed E-state index contributed by atoms with van der Waals surface area (Å²) in [5.41, 5.74) is 0.295. The van der Waals surface area contributed by atoms with Crippen molar-refractivity contribution in [3.8, 4) is 0 Å². The summed E-state index contributed by atoms with van der Waals surface area (Å²) in [4.78, 5) is 27.2. The van der Waals surface area contributed by atoms with Crippen LogP contribution in [-0.4, -0.2) is 65.7 Å². The molecule has 1 aromatic carbocycles. The molecule has 2 N–H and O–H groups in total. The molecule has 0 aromatic heterocycles. The molecular weight excluding hydrogens is 368 g/mol. The van der Waals surface area contributed by atoms with Crippen molar-refractivity contribution in [1.29, 1.82) is 0 Å². The first-order valence-corrected chi connectivity index (χ1v) is 9.63. The number of carboxylic acids is 1. The number of nitrogens with zero attached hydrogens (tertiary/aromatic N) is 2. The number of likely N-dealkylation sites (N-methyl/N-ethyl adjacent to an activating group) is 1. The van der Waals surface area contributed by atoms with Gasteiger partial charge in [0.15, 0.2) is 11.6 Å². The molecule has 0 bridgehead atoms. The number of hydrogen-bond donors (Lipinski definition) is 2. The van der Waals surface area contributed by atoms with E-state index in [1.165, 1.54) is 6.07 Å². The van der Waals surface area contributed by atoms with Crippen molar-refractivity contribution in [3.63, 3.8) is 0 Å². The number of benzene rings is 1. The fourth-order valence-corrected chi connectivity index (χ4v) is 4.05. The summed E-state index contributed by atoms with van der Waals surface area (Å²) in [5, 5.41) is 12.0. The number of carbonyl (C=O) groups excluding carboxylic acids is 1. The SMILES string of the molecule is CN(CC(=O)O)C1CCCN(C(=O)NC2CC2(C)c2ccc(F)c(F)c2)CC1. The highest BCUT2D eigenvalue weighted by Crippen LogP contribution is 2.48. The van der Waals surface area contributed by atoms with Gasteiger partial charge in [0.1, 0.15) is 0 Å². The maximum atomic E-state index is 13.5. The van der Waals surface area contributed by atoms with Crippen LogP contribution in [0.2, 0.25) is 0 Å². The van der Waals surface area contributed by atoms with Crippen molar-refractivity contribution >= 4 is 12.0 Å². The number of carbonyl (C=O) groups is 2. The summed E-state index contributed by atoms with van der Waals surface area (Å²) in [7, 11) is 1.80. The number of hydrogen-bond acceptors (Lipinski definition) is 3. The van der Waals surface area contributed by atoms with Gasteiger partial charge in [-0.3, -0.25) is 9.69 Å². The van der Waals surface area contributed by atoms with E-state index in [-0.39, 0.29) is 30.1 Å². The van der Waals surface area contributed by atoms with Crippen LogP contribution >= 0.6 is 0 Å². The molecule has 1 aliphatic carbocycles. The van der Waals surface area contributed by atoms with Gasteiger partial charge in [0.25, 0.3) is 0 Å². The molecule has 2 aliphatic rings. The molecule has 0 radical (unpaired) electrons. The Morgan fingerprint density at radius 3 is 2.71 bits per heavy atom. The van der Waals surface area contributed by atoms with E-state index in [0.29, 0.717) is 25.1 Å². The maximum Gasteiger partial charge on any atom is 0.317 e. The van der Waals surface area contributed by atoms with Crippen LogP contribution < -0.4 is 5.32 Å². The average molecular weight is 395 g/mol. The normalized spacial score (nSPS) is 27.4. The summed E-state index contributed by atoms with van der Waals surface area (Å²) >= 11 is 0. The Labute approximate surface area is 163 Å². The van der Waals surface area contributed by atoms with Crippen molar-refractivity contribution in [1.82, 2.24) is 15.1 Å². The zero-order valence-electron chi connectivity index (χ0n) is 16.3. The second-order valence-electron chi connectivity index (χ2n) is 8.13. The fourth-order valence-electron chi connectivity index (χ4n) is 4.05. The molecule has 1 aliphatic heterocycles. The third-order valence-corrected chi connectivity index (χ3v) is 6.11. The molecule has 8 heteroatoms. The molecule has 1 saturated carbocycles. The van der Waals surface area contributed by atoms with E-state index < -0.39 is 17.6 Å². The Morgan fingerprint density at radius 1 is 1.29 bits per heavy atom. The van der Waals surface area contributed by atoms with Crippen LogP contribution in [0.15, 0.2) is 18.2 Å². The Balaban J connectivity index is 1.54. The van der Waals surface area contributed by atoms with Gasteiger partial charge in [0.05, 0.1) is 6.54 Å². The van der Waals surface area contributed by atoms with E-state index in [1.54, 1.807) is 18.0 Å². The van der Waals surface area contributed by atoms with Crippen LogP contribution in [0, 0.1) is 11.6 Å². The molecule has 3 unspecified atom stereocenters. The van der Waals surface area contributed by atoms with Gasteiger partial charge in [-0.2, -0.15) is 0 Å². The van der Waals surface area contributed by atoms with E-state index in [0.717, 1.165) is 25.3 Å². The number of urea groups is 1. The molecule has 2 amide bonds. The predicted molar refractivity (Wildman–Crippen MR) is 100 cm³/mol. The number of rotatable bonds is 5. The topological polar surface area (TPSA) is 72.9 Å². The number of aliphatic carboxylic acids is 1. The minimum Gasteiger partial charge on any atom is -0.480 e. The second-order valence-corrected chi connectivity index (χ2v) is 8.13. The Kier molecular flexibility index (Phi) is 5.88. The summed E-state index contributed by atoms with van der Waals surface area (Å²) < 4.78 is 26.7. The molecule has 6 nitrogen and oxygen atoms in total. The Morgan fingerprint density at radius 2 is 2.04 bits per heavy atom. The van der Waals surface area contributed by atoms with Crippen LogP contribution in [0.3, 0.4) is 0 Å². The maximum absolute atomic E-state index is 13.5.